The molecule has 0 fully saturated rings. The topological polar surface area (TPSA) is 35.5 Å². The zero-order valence-corrected chi connectivity index (χ0v) is 19.1. The van der Waals surface area contributed by atoms with Crippen molar-refractivity contribution in [2.75, 3.05) is 7.11 Å². The van der Waals surface area contributed by atoms with Crippen molar-refractivity contribution >= 4 is 19.7 Å². The Hall–Kier alpha value is -2.64. The Morgan fingerprint density at radius 3 is 2.47 bits per heavy atom. The van der Waals surface area contributed by atoms with Gasteiger partial charge < -0.3 is 9.47 Å². The molecule has 3 aromatic rings. The average Bonchev–Trinajstić information content (AvgIpc) is 2.77. The highest BCUT2D eigenvalue weighted by Gasteiger charge is 2.19. The Labute approximate surface area is 181 Å². The van der Waals surface area contributed by atoms with Gasteiger partial charge in [-0.1, -0.05) is 63.5 Å². The smallest absolute Gasteiger partial charge is 0.160 e. The lowest BCUT2D eigenvalue weighted by Gasteiger charge is -2.22. The molecule has 0 spiro atoms. The van der Waals surface area contributed by atoms with Crippen molar-refractivity contribution in [1.82, 2.24) is 0 Å². The molecule has 0 aromatic heterocycles. The number of carbonyl (C=O) groups is 1. The Morgan fingerprint density at radius 2 is 1.80 bits per heavy atom. The summed E-state index contributed by atoms with van der Waals surface area (Å²) in [5, 5.41) is 1.11. The monoisotopic (exact) mass is 420 g/mol. The lowest BCUT2D eigenvalue weighted by Crippen LogP contribution is -2.11. The van der Waals surface area contributed by atoms with Crippen molar-refractivity contribution in [3.05, 3.63) is 89.0 Å². The quantitative estimate of drug-likeness (QED) is 0.304. The maximum Gasteiger partial charge on any atom is 0.160 e. The molecule has 3 aromatic carbocycles. The molecule has 0 aliphatic carbocycles. The van der Waals surface area contributed by atoms with Gasteiger partial charge >= 0.3 is 0 Å². The van der Waals surface area contributed by atoms with Gasteiger partial charge in [0.15, 0.2) is 5.78 Å². The Morgan fingerprint density at radius 1 is 1.03 bits per heavy atom. The number of methoxy groups -OCH3 is 1. The van der Waals surface area contributed by atoms with E-state index < -0.39 is 0 Å². The molecule has 156 valence electrons. The molecular weight excluding hydrogens is 391 g/mol. The molecule has 2 atom stereocenters. The molecule has 2 unspecified atom stereocenters. The highest BCUT2D eigenvalue weighted by Crippen LogP contribution is 2.43. The van der Waals surface area contributed by atoms with Crippen molar-refractivity contribution < 1.29 is 14.3 Å². The predicted molar refractivity (Wildman–Crippen MR) is 126 cm³/mol. The van der Waals surface area contributed by atoms with Crippen LogP contribution >= 0.6 is 8.58 Å². The summed E-state index contributed by atoms with van der Waals surface area (Å²) in [7, 11) is 2.15. The summed E-state index contributed by atoms with van der Waals surface area (Å²) in [6.45, 7) is 6.36. The van der Waals surface area contributed by atoms with Gasteiger partial charge in [-0.05, 0) is 55.4 Å². The van der Waals surface area contributed by atoms with Crippen LogP contribution in [0.1, 0.15) is 53.0 Å². The number of hydrogen-bond acceptors (Lipinski definition) is 3. The summed E-state index contributed by atoms with van der Waals surface area (Å²) < 4.78 is 11.7. The first-order valence-corrected chi connectivity index (χ1v) is 11.3. The zero-order chi connectivity index (χ0) is 21.5. The van der Waals surface area contributed by atoms with Gasteiger partial charge in [0.25, 0.3) is 0 Å². The third-order valence-corrected chi connectivity index (χ3v) is 6.94. The van der Waals surface area contributed by atoms with E-state index in [-0.39, 0.29) is 11.4 Å². The Balaban J connectivity index is 1.92. The second-order valence-electron chi connectivity index (χ2n) is 7.39. The van der Waals surface area contributed by atoms with Gasteiger partial charge in [0, 0.05) is 16.8 Å². The van der Waals surface area contributed by atoms with Crippen LogP contribution < -0.4 is 14.8 Å². The number of rotatable bonds is 9. The van der Waals surface area contributed by atoms with E-state index in [1.165, 1.54) is 0 Å². The first-order valence-electron chi connectivity index (χ1n) is 10.2. The Bertz CT molecular complexity index is 998. The average molecular weight is 420 g/mol. The van der Waals surface area contributed by atoms with Crippen molar-refractivity contribution in [2.24, 2.45) is 0 Å². The van der Waals surface area contributed by atoms with Crippen LogP contribution in [0.2, 0.25) is 0 Å². The molecule has 0 radical (unpaired) electrons. The number of ketones is 1. The molecule has 0 aliphatic heterocycles. The van der Waals surface area contributed by atoms with Crippen LogP contribution in [0.25, 0.3) is 0 Å². The van der Waals surface area contributed by atoms with E-state index in [1.54, 1.807) is 14.0 Å². The first kappa shape index (κ1) is 22.1. The number of hydrogen-bond donors (Lipinski definition) is 0. The SMILES string of the molecule is CCC(Pc1ccc(C)cc1C(C)=O)c1cc(OC)ccc1OCc1ccccc1. The molecular formula is C26H29O3P. The summed E-state index contributed by atoms with van der Waals surface area (Å²) in [6, 6.07) is 22.3. The minimum atomic E-state index is 0.113. The molecule has 0 saturated heterocycles. The fraction of sp³-hybridized carbons (Fsp3) is 0.269. The van der Waals surface area contributed by atoms with E-state index in [0.717, 1.165) is 45.5 Å². The van der Waals surface area contributed by atoms with E-state index in [2.05, 4.69) is 37.3 Å². The van der Waals surface area contributed by atoms with Crippen molar-refractivity contribution in [1.29, 1.82) is 0 Å². The highest BCUT2D eigenvalue weighted by molar-refractivity contribution is 7.47. The van der Waals surface area contributed by atoms with Crippen LogP contribution in [-0.2, 0) is 6.61 Å². The normalized spacial score (nSPS) is 12.1. The lowest BCUT2D eigenvalue weighted by atomic mass is 10.1. The lowest BCUT2D eigenvalue weighted by molar-refractivity contribution is 0.101. The minimum Gasteiger partial charge on any atom is -0.497 e. The molecule has 4 heteroatoms. The standard InChI is InChI=1S/C26H29O3P/c1-5-25(30-26-14-11-18(2)15-22(26)19(3)27)23-16-21(28-4)12-13-24(23)29-17-20-9-7-6-8-10-20/h6-16,25,30H,5,17H2,1-4H3. The molecule has 0 N–H and O–H groups in total. The van der Waals surface area contributed by atoms with Gasteiger partial charge in [0.2, 0.25) is 0 Å². The van der Waals surface area contributed by atoms with Crippen molar-refractivity contribution in [3.63, 3.8) is 0 Å². The summed E-state index contributed by atoms with van der Waals surface area (Å²) in [5.41, 5.74) is 4.43. The molecule has 0 aliphatic rings. The first-order chi connectivity index (χ1) is 14.5. The number of benzene rings is 3. The maximum atomic E-state index is 12.2. The van der Waals surface area contributed by atoms with E-state index in [1.807, 2.05) is 43.3 Å². The zero-order valence-electron chi connectivity index (χ0n) is 18.1. The van der Waals surface area contributed by atoms with E-state index in [9.17, 15) is 4.79 Å². The van der Waals surface area contributed by atoms with Gasteiger partial charge in [-0.2, -0.15) is 0 Å². The van der Waals surface area contributed by atoms with Gasteiger partial charge in [0.1, 0.15) is 18.1 Å². The number of Topliss-reactive ketones (excluding diaryl/α,β-unsaturated/α-hetero) is 1. The second kappa shape index (κ2) is 10.4. The van der Waals surface area contributed by atoms with Crippen LogP contribution in [-0.4, -0.2) is 12.9 Å². The fourth-order valence-corrected chi connectivity index (χ4v) is 5.00. The van der Waals surface area contributed by atoms with Crippen LogP contribution in [0, 0.1) is 6.92 Å². The van der Waals surface area contributed by atoms with Gasteiger partial charge in [-0.15, -0.1) is 0 Å². The van der Waals surface area contributed by atoms with E-state index in [0.29, 0.717) is 15.2 Å². The molecule has 30 heavy (non-hydrogen) atoms. The number of aryl methyl sites for hydroxylation is 1. The molecule has 0 bridgehead atoms. The fourth-order valence-electron chi connectivity index (χ4n) is 3.46. The summed E-state index contributed by atoms with van der Waals surface area (Å²) in [4.78, 5) is 12.2. The largest absolute Gasteiger partial charge is 0.497 e. The van der Waals surface area contributed by atoms with Crippen LogP contribution in [0.15, 0.2) is 66.7 Å². The van der Waals surface area contributed by atoms with Crippen LogP contribution in [0.4, 0.5) is 0 Å². The molecule has 0 heterocycles. The second-order valence-corrected chi connectivity index (χ2v) is 8.91. The third kappa shape index (κ3) is 5.49. The molecule has 3 rings (SSSR count). The van der Waals surface area contributed by atoms with Crippen molar-refractivity contribution in [3.8, 4) is 11.5 Å². The number of ether oxygens (including phenoxy) is 2. The molecule has 3 nitrogen and oxygen atoms in total. The predicted octanol–water partition coefficient (Wildman–Crippen LogP) is 6.24. The van der Waals surface area contributed by atoms with Crippen LogP contribution in [0.5, 0.6) is 11.5 Å². The van der Waals surface area contributed by atoms with E-state index >= 15 is 0 Å². The van der Waals surface area contributed by atoms with Gasteiger partial charge in [-0.3, -0.25) is 4.79 Å². The Kier molecular flexibility index (Phi) is 7.65. The van der Waals surface area contributed by atoms with Gasteiger partial charge in [0.05, 0.1) is 7.11 Å². The van der Waals surface area contributed by atoms with Crippen molar-refractivity contribution in [2.45, 2.75) is 39.5 Å². The van der Waals surface area contributed by atoms with E-state index in [4.69, 9.17) is 9.47 Å². The van der Waals surface area contributed by atoms with Gasteiger partial charge in [-0.25, -0.2) is 0 Å². The maximum absolute atomic E-state index is 12.2. The highest BCUT2D eigenvalue weighted by atomic mass is 31.1. The van der Waals surface area contributed by atoms with Crippen LogP contribution in [0.3, 0.4) is 0 Å². The number of carbonyl (C=O) groups excluding carboxylic acids is 1. The summed E-state index contributed by atoms with van der Waals surface area (Å²) in [5.74, 6) is 1.80. The third-order valence-electron chi connectivity index (χ3n) is 5.12. The minimum absolute atomic E-state index is 0.113. The molecule has 0 saturated carbocycles. The summed E-state index contributed by atoms with van der Waals surface area (Å²) >= 11 is 0. The molecule has 0 amide bonds. The summed E-state index contributed by atoms with van der Waals surface area (Å²) in [6.07, 6.45) is 0.943.